The first kappa shape index (κ1) is 17.6. The average Bonchev–Trinajstić information content (AvgIpc) is 2.50. The summed E-state index contributed by atoms with van der Waals surface area (Å²) in [5, 5.41) is 18.7. The highest BCUT2D eigenvalue weighted by atomic mass is 16.3. The van der Waals surface area contributed by atoms with Gasteiger partial charge in [0.2, 0.25) is 0 Å². The molecule has 0 aliphatic carbocycles. The minimum Gasteiger partial charge on any atom is -0.412 e. The average molecular weight is 304 g/mol. The van der Waals surface area contributed by atoms with E-state index in [-0.39, 0.29) is 5.48 Å². The van der Waals surface area contributed by atoms with Gasteiger partial charge in [0.15, 0.2) is 5.78 Å². The minimum absolute atomic E-state index is 0. The summed E-state index contributed by atoms with van der Waals surface area (Å²) in [6.45, 7) is -0.612. The van der Waals surface area contributed by atoms with E-state index in [4.69, 9.17) is 16.6 Å². The van der Waals surface area contributed by atoms with Crippen molar-refractivity contribution < 1.29 is 20.5 Å². The summed E-state index contributed by atoms with van der Waals surface area (Å²) in [5.74, 6) is -1.14. The van der Waals surface area contributed by atoms with Gasteiger partial charge < -0.3 is 27.2 Å². The van der Waals surface area contributed by atoms with Gasteiger partial charge in [0.05, 0.1) is 12.5 Å². The second-order valence-electron chi connectivity index (χ2n) is 4.87. The van der Waals surface area contributed by atoms with Crippen LogP contribution in [0.25, 0.3) is 0 Å². The number of anilines is 2. The van der Waals surface area contributed by atoms with Crippen molar-refractivity contribution in [2.75, 3.05) is 18.1 Å². The fourth-order valence-corrected chi connectivity index (χ4v) is 2.18. The topological polar surface area (TPSA) is 141 Å². The van der Waals surface area contributed by atoms with Crippen LogP contribution in [0.4, 0.5) is 11.4 Å². The van der Waals surface area contributed by atoms with Crippen molar-refractivity contribution in [3.63, 3.8) is 0 Å². The zero-order valence-corrected chi connectivity index (χ0v) is 11.9. The van der Waals surface area contributed by atoms with E-state index in [9.17, 15) is 9.90 Å². The van der Waals surface area contributed by atoms with Crippen LogP contribution in [0.5, 0.6) is 0 Å². The maximum absolute atomic E-state index is 12.4. The molecule has 0 radical (unpaired) electrons. The second kappa shape index (κ2) is 7.56. The molecular formula is C16H20N2O4. The zero-order chi connectivity index (χ0) is 15.4. The standard InChI is InChI=1S/C16H18N2O3.H2O/c17-12-5-1-10(2-6-12)15(16(21)14(20)9-19)11-3-7-13(18)8-4-11;/h1-8,14-15,19-20H,9,17-18H2;1H2. The molecule has 0 saturated heterocycles. The van der Waals surface area contributed by atoms with E-state index in [0.29, 0.717) is 22.5 Å². The number of nitrogens with two attached hydrogens (primary N) is 2. The Kier molecular flexibility index (Phi) is 6.06. The van der Waals surface area contributed by atoms with Gasteiger partial charge in [0, 0.05) is 11.4 Å². The fourth-order valence-electron chi connectivity index (χ4n) is 2.18. The maximum Gasteiger partial charge on any atom is 0.175 e. The van der Waals surface area contributed by atoms with Crippen LogP contribution in [0.1, 0.15) is 17.0 Å². The van der Waals surface area contributed by atoms with Crippen molar-refractivity contribution in [2.24, 2.45) is 0 Å². The molecule has 0 saturated carbocycles. The van der Waals surface area contributed by atoms with E-state index in [1.54, 1.807) is 48.5 Å². The van der Waals surface area contributed by atoms with Gasteiger partial charge in [-0.15, -0.1) is 0 Å². The van der Waals surface area contributed by atoms with Gasteiger partial charge in [-0.1, -0.05) is 24.3 Å². The summed E-state index contributed by atoms with van der Waals surface area (Å²) in [6, 6.07) is 13.7. The van der Waals surface area contributed by atoms with Gasteiger partial charge in [-0.2, -0.15) is 0 Å². The van der Waals surface area contributed by atoms with Gasteiger partial charge in [-0.25, -0.2) is 0 Å². The Morgan fingerprint density at radius 3 is 1.59 bits per heavy atom. The van der Waals surface area contributed by atoms with Crippen LogP contribution in [-0.4, -0.2) is 34.2 Å². The number of aliphatic hydroxyl groups excluding tert-OH is 2. The first-order chi connectivity index (χ1) is 10.0. The van der Waals surface area contributed by atoms with Crippen LogP contribution in [0.2, 0.25) is 0 Å². The van der Waals surface area contributed by atoms with Gasteiger partial charge in [-0.05, 0) is 35.4 Å². The highest BCUT2D eigenvalue weighted by Crippen LogP contribution is 2.28. The number of Topliss-reactive ketones (excluding diaryl/α,β-unsaturated/α-hetero) is 1. The van der Waals surface area contributed by atoms with Crippen molar-refractivity contribution in [2.45, 2.75) is 12.0 Å². The van der Waals surface area contributed by atoms with Crippen LogP contribution in [0, 0.1) is 0 Å². The zero-order valence-electron chi connectivity index (χ0n) is 11.9. The molecule has 118 valence electrons. The van der Waals surface area contributed by atoms with Crippen molar-refractivity contribution in [3.8, 4) is 0 Å². The Bertz CT molecular complexity index is 566. The Labute approximate surface area is 128 Å². The fraction of sp³-hybridized carbons (Fsp3) is 0.188. The third-order valence-electron chi connectivity index (χ3n) is 3.33. The molecule has 0 spiro atoms. The molecule has 2 aromatic carbocycles. The predicted octanol–water partition coefficient (Wildman–Crippen LogP) is 0.0805. The number of nitrogen functional groups attached to an aromatic ring is 2. The number of ketones is 1. The normalized spacial score (nSPS) is 11.8. The van der Waals surface area contributed by atoms with E-state index in [1.807, 2.05) is 0 Å². The number of benzene rings is 2. The summed E-state index contributed by atoms with van der Waals surface area (Å²) >= 11 is 0. The SMILES string of the molecule is Nc1ccc(C(C(=O)C(O)CO)c2ccc(N)cc2)cc1.O. The molecule has 2 aromatic rings. The number of carbonyl (C=O) groups is 1. The van der Waals surface area contributed by atoms with Crippen LogP contribution >= 0.6 is 0 Å². The summed E-state index contributed by atoms with van der Waals surface area (Å²) in [6.07, 6.45) is -1.43. The van der Waals surface area contributed by atoms with Crippen LogP contribution in [0.3, 0.4) is 0 Å². The van der Waals surface area contributed by atoms with Crippen molar-refractivity contribution in [3.05, 3.63) is 59.7 Å². The Morgan fingerprint density at radius 2 is 1.27 bits per heavy atom. The van der Waals surface area contributed by atoms with Gasteiger partial charge >= 0.3 is 0 Å². The summed E-state index contributed by atoms with van der Waals surface area (Å²) in [4.78, 5) is 12.4. The number of carbonyl (C=O) groups excluding carboxylic acids is 1. The second-order valence-corrected chi connectivity index (χ2v) is 4.87. The lowest BCUT2D eigenvalue weighted by Gasteiger charge is -2.19. The smallest absolute Gasteiger partial charge is 0.175 e. The Hall–Kier alpha value is -2.41. The molecule has 0 amide bonds. The van der Waals surface area contributed by atoms with Gasteiger partial charge in [-0.3, -0.25) is 4.79 Å². The third-order valence-corrected chi connectivity index (χ3v) is 3.33. The lowest BCUT2D eigenvalue weighted by Crippen LogP contribution is -2.30. The predicted molar refractivity (Wildman–Crippen MR) is 85.3 cm³/mol. The van der Waals surface area contributed by atoms with Gasteiger partial charge in [0.25, 0.3) is 0 Å². The molecule has 2 rings (SSSR count). The van der Waals surface area contributed by atoms with Crippen molar-refractivity contribution >= 4 is 17.2 Å². The van der Waals surface area contributed by atoms with E-state index < -0.39 is 24.4 Å². The number of hydrogen-bond donors (Lipinski definition) is 4. The molecule has 6 nitrogen and oxygen atoms in total. The number of hydrogen-bond acceptors (Lipinski definition) is 5. The van der Waals surface area contributed by atoms with Crippen LogP contribution < -0.4 is 11.5 Å². The molecule has 6 heteroatoms. The largest absolute Gasteiger partial charge is 0.412 e. The molecule has 0 heterocycles. The monoisotopic (exact) mass is 304 g/mol. The first-order valence-corrected chi connectivity index (χ1v) is 6.56. The van der Waals surface area contributed by atoms with Crippen molar-refractivity contribution in [1.29, 1.82) is 0 Å². The summed E-state index contributed by atoms with van der Waals surface area (Å²) in [7, 11) is 0. The van der Waals surface area contributed by atoms with Crippen LogP contribution in [0.15, 0.2) is 48.5 Å². The Balaban J connectivity index is 0.00000242. The lowest BCUT2D eigenvalue weighted by atomic mass is 9.85. The van der Waals surface area contributed by atoms with Crippen LogP contribution in [-0.2, 0) is 4.79 Å². The van der Waals surface area contributed by atoms with Gasteiger partial charge in [0.1, 0.15) is 6.10 Å². The lowest BCUT2D eigenvalue weighted by molar-refractivity contribution is -0.129. The number of aliphatic hydroxyl groups is 2. The molecule has 0 bridgehead atoms. The highest BCUT2D eigenvalue weighted by molar-refractivity contribution is 5.92. The summed E-state index contributed by atoms with van der Waals surface area (Å²) < 4.78 is 0. The van der Waals surface area contributed by atoms with E-state index in [0.717, 1.165) is 0 Å². The minimum atomic E-state index is -1.43. The Morgan fingerprint density at radius 1 is 0.909 bits per heavy atom. The molecule has 8 N–H and O–H groups in total. The van der Waals surface area contributed by atoms with E-state index in [1.165, 1.54) is 0 Å². The maximum atomic E-state index is 12.4. The highest BCUT2D eigenvalue weighted by Gasteiger charge is 2.27. The summed E-state index contributed by atoms with van der Waals surface area (Å²) in [5.41, 5.74) is 13.9. The van der Waals surface area contributed by atoms with Crippen molar-refractivity contribution in [1.82, 2.24) is 0 Å². The molecule has 1 atom stereocenters. The molecule has 22 heavy (non-hydrogen) atoms. The molecule has 0 aromatic heterocycles. The van der Waals surface area contributed by atoms with E-state index in [2.05, 4.69) is 0 Å². The molecule has 0 aliphatic rings. The third kappa shape index (κ3) is 3.82. The molecule has 0 fully saturated rings. The first-order valence-electron chi connectivity index (χ1n) is 6.56. The number of rotatable bonds is 5. The van der Waals surface area contributed by atoms with E-state index >= 15 is 0 Å². The molecule has 1 unspecified atom stereocenters. The quantitative estimate of drug-likeness (QED) is 0.579. The molecule has 0 aliphatic heterocycles. The molecular weight excluding hydrogens is 284 g/mol.